The molecule has 0 saturated heterocycles. The number of benzene rings is 4. The number of pyridine rings is 1. The third-order valence-electron chi connectivity index (χ3n) is 6.94. The van der Waals surface area contributed by atoms with Gasteiger partial charge >= 0.3 is 0 Å². The molecule has 0 saturated carbocycles. The van der Waals surface area contributed by atoms with Gasteiger partial charge in [-0.2, -0.15) is 0 Å². The molecule has 0 radical (unpaired) electrons. The molecular weight excluding hydrogens is 414 g/mol. The highest BCUT2D eigenvalue weighted by molar-refractivity contribution is 6.17. The van der Waals surface area contributed by atoms with E-state index in [0.717, 1.165) is 55.3 Å². The molecule has 2 heterocycles. The van der Waals surface area contributed by atoms with Crippen molar-refractivity contribution in [2.45, 2.75) is 26.7 Å². The van der Waals surface area contributed by atoms with Crippen LogP contribution >= 0.6 is 0 Å². The number of aromatic nitrogens is 1. The molecule has 0 spiro atoms. The van der Waals surface area contributed by atoms with E-state index in [0.29, 0.717) is 0 Å². The van der Waals surface area contributed by atoms with Crippen molar-refractivity contribution in [2.75, 3.05) is 0 Å². The minimum Gasteiger partial charge on any atom is -0.454 e. The van der Waals surface area contributed by atoms with E-state index in [9.17, 15) is 0 Å². The SMILES string of the molecule is [2H]C(C)(C)c1ccc(-c2cc[n+](C)c(-c3c(C)ccc4c3oc3c5ccccc5ccc43)c2)cc1. The van der Waals surface area contributed by atoms with Crippen molar-refractivity contribution in [3.8, 4) is 22.4 Å². The number of rotatable bonds is 3. The Morgan fingerprint density at radius 3 is 2.29 bits per heavy atom. The summed E-state index contributed by atoms with van der Waals surface area (Å²) in [4.78, 5) is 0. The second kappa shape index (κ2) is 7.85. The third kappa shape index (κ3) is 3.21. The van der Waals surface area contributed by atoms with Gasteiger partial charge in [0.1, 0.15) is 18.2 Å². The van der Waals surface area contributed by atoms with Gasteiger partial charge in [-0.1, -0.05) is 80.6 Å². The zero-order chi connectivity index (χ0) is 24.3. The molecule has 0 aliphatic rings. The lowest BCUT2D eigenvalue weighted by atomic mass is 9.96. The number of hydrogen-bond acceptors (Lipinski definition) is 1. The molecule has 166 valence electrons. The van der Waals surface area contributed by atoms with Crippen LogP contribution in [0.5, 0.6) is 0 Å². The van der Waals surface area contributed by atoms with E-state index < -0.39 is 5.89 Å². The predicted molar refractivity (Wildman–Crippen MR) is 142 cm³/mol. The van der Waals surface area contributed by atoms with E-state index >= 15 is 0 Å². The zero-order valence-corrected chi connectivity index (χ0v) is 20.0. The largest absolute Gasteiger partial charge is 0.454 e. The first-order chi connectivity index (χ1) is 16.8. The first-order valence-corrected chi connectivity index (χ1v) is 11.8. The van der Waals surface area contributed by atoms with E-state index in [2.05, 4.69) is 110 Å². The fourth-order valence-corrected chi connectivity index (χ4v) is 4.98. The molecular formula is C32H28NO+. The lowest BCUT2D eigenvalue weighted by Crippen LogP contribution is -2.30. The van der Waals surface area contributed by atoms with Gasteiger partial charge in [-0.25, -0.2) is 4.57 Å². The van der Waals surface area contributed by atoms with Crippen LogP contribution in [-0.4, -0.2) is 0 Å². The van der Waals surface area contributed by atoms with Gasteiger partial charge < -0.3 is 4.42 Å². The van der Waals surface area contributed by atoms with E-state index in [1.807, 2.05) is 13.8 Å². The van der Waals surface area contributed by atoms with Crippen LogP contribution in [0.3, 0.4) is 0 Å². The minimum absolute atomic E-state index is 0.606. The summed E-state index contributed by atoms with van der Waals surface area (Å²) in [6, 6.07) is 29.9. The first-order valence-electron chi connectivity index (χ1n) is 12.3. The fraction of sp³-hybridized carbons (Fsp3) is 0.156. The van der Waals surface area contributed by atoms with Gasteiger partial charge in [0.25, 0.3) is 0 Å². The number of furan rings is 1. The highest BCUT2D eigenvalue weighted by Gasteiger charge is 2.22. The number of fused-ring (bicyclic) bond motifs is 5. The Hall–Kier alpha value is -3.91. The van der Waals surface area contributed by atoms with Crippen molar-refractivity contribution in [1.82, 2.24) is 0 Å². The third-order valence-corrected chi connectivity index (χ3v) is 6.94. The molecule has 2 heteroatoms. The summed E-state index contributed by atoms with van der Waals surface area (Å²) < 4.78 is 17.1. The van der Waals surface area contributed by atoms with E-state index in [1.165, 1.54) is 10.9 Å². The normalized spacial score (nSPS) is 12.5. The summed E-state index contributed by atoms with van der Waals surface area (Å²) in [5, 5.41) is 4.61. The van der Waals surface area contributed by atoms with Gasteiger partial charge in [0.15, 0.2) is 6.20 Å². The molecule has 34 heavy (non-hydrogen) atoms. The van der Waals surface area contributed by atoms with Gasteiger partial charge in [0.05, 0.1) is 5.56 Å². The summed E-state index contributed by atoms with van der Waals surface area (Å²) in [6.45, 7) is 5.99. The molecule has 4 aromatic carbocycles. The average Bonchev–Trinajstić information content (AvgIpc) is 3.23. The van der Waals surface area contributed by atoms with Crippen molar-refractivity contribution in [1.29, 1.82) is 0 Å². The molecule has 6 aromatic rings. The Bertz CT molecular complexity index is 1740. The van der Waals surface area contributed by atoms with Crippen LogP contribution in [0.4, 0.5) is 0 Å². The van der Waals surface area contributed by atoms with Crippen molar-refractivity contribution in [2.24, 2.45) is 7.05 Å². The quantitative estimate of drug-likeness (QED) is 0.251. The molecule has 0 N–H and O–H groups in total. The number of nitrogens with zero attached hydrogens (tertiary/aromatic N) is 1. The van der Waals surface area contributed by atoms with Crippen molar-refractivity contribution in [3.63, 3.8) is 0 Å². The van der Waals surface area contributed by atoms with Crippen molar-refractivity contribution in [3.05, 3.63) is 102 Å². The van der Waals surface area contributed by atoms with Gasteiger partial charge in [-0.3, -0.25) is 0 Å². The monoisotopic (exact) mass is 443 g/mol. The Labute approximate surface area is 201 Å². The van der Waals surface area contributed by atoms with Crippen LogP contribution in [0.15, 0.2) is 95.5 Å². The maximum absolute atomic E-state index is 8.31. The zero-order valence-electron chi connectivity index (χ0n) is 21.0. The maximum atomic E-state index is 8.31. The predicted octanol–water partition coefficient (Wildman–Crippen LogP) is 8.33. The van der Waals surface area contributed by atoms with Crippen LogP contribution in [0.1, 0.15) is 32.2 Å². The molecule has 0 amide bonds. The lowest BCUT2D eigenvalue weighted by molar-refractivity contribution is -0.660. The molecule has 6 rings (SSSR count). The summed E-state index contributed by atoms with van der Waals surface area (Å²) in [6.07, 6.45) is 2.11. The fourth-order valence-electron chi connectivity index (χ4n) is 4.98. The molecule has 0 bridgehead atoms. The molecule has 2 aromatic heterocycles. The molecule has 2 nitrogen and oxygen atoms in total. The standard InChI is InChI=1S/C32H28NO/c1-20(2)22-10-12-23(13-11-22)25-17-18-33(4)29(19-25)30-21(3)9-15-28-27-16-14-24-7-5-6-8-26(24)31(27)34-32(28)30/h5-20H,1-4H3/q+1/i20D. The van der Waals surface area contributed by atoms with Crippen LogP contribution < -0.4 is 4.57 Å². The second-order valence-corrected chi connectivity index (χ2v) is 9.39. The highest BCUT2D eigenvalue weighted by Crippen LogP contribution is 2.40. The number of hydrogen-bond donors (Lipinski definition) is 0. The molecule has 0 fully saturated rings. The highest BCUT2D eigenvalue weighted by atomic mass is 16.3. The summed E-state index contributed by atoms with van der Waals surface area (Å²) in [7, 11) is 2.08. The van der Waals surface area contributed by atoms with E-state index in [1.54, 1.807) is 0 Å². The number of aryl methyl sites for hydroxylation is 2. The van der Waals surface area contributed by atoms with Crippen LogP contribution in [0, 0.1) is 6.92 Å². The average molecular weight is 444 g/mol. The van der Waals surface area contributed by atoms with E-state index in [4.69, 9.17) is 5.79 Å². The maximum Gasteiger partial charge on any atom is 0.216 e. The Morgan fingerprint density at radius 2 is 1.50 bits per heavy atom. The minimum atomic E-state index is -0.606. The smallest absolute Gasteiger partial charge is 0.216 e. The van der Waals surface area contributed by atoms with Crippen molar-refractivity contribution < 1.29 is 10.4 Å². The second-order valence-electron chi connectivity index (χ2n) is 9.39. The van der Waals surface area contributed by atoms with Crippen LogP contribution in [-0.2, 0) is 7.05 Å². The summed E-state index contributed by atoms with van der Waals surface area (Å²) in [5.74, 6) is -0.606. The molecule has 0 atom stereocenters. The topological polar surface area (TPSA) is 17.0 Å². The van der Waals surface area contributed by atoms with Gasteiger partial charge in [0, 0.05) is 29.7 Å². The van der Waals surface area contributed by atoms with Crippen LogP contribution in [0.2, 0.25) is 0 Å². The summed E-state index contributed by atoms with van der Waals surface area (Å²) >= 11 is 0. The van der Waals surface area contributed by atoms with Crippen molar-refractivity contribution >= 4 is 32.7 Å². The Balaban J connectivity index is 1.57. The van der Waals surface area contributed by atoms with Gasteiger partial charge in [-0.15, -0.1) is 0 Å². The lowest BCUT2D eigenvalue weighted by Gasteiger charge is -2.09. The Kier molecular flexibility index (Phi) is 4.51. The first kappa shape index (κ1) is 19.5. The Morgan fingerprint density at radius 1 is 0.765 bits per heavy atom. The molecule has 0 unspecified atom stereocenters. The van der Waals surface area contributed by atoms with E-state index in [-0.39, 0.29) is 0 Å². The molecule has 0 aliphatic heterocycles. The van der Waals surface area contributed by atoms with Gasteiger partial charge in [-0.05, 0) is 46.5 Å². The summed E-state index contributed by atoms with van der Waals surface area (Å²) in [5.41, 5.74) is 8.58. The molecule has 0 aliphatic carbocycles. The van der Waals surface area contributed by atoms with Crippen LogP contribution in [0.25, 0.3) is 55.1 Å². The van der Waals surface area contributed by atoms with Gasteiger partial charge in [0.2, 0.25) is 5.69 Å².